The summed E-state index contributed by atoms with van der Waals surface area (Å²) in [7, 11) is 3.45. The van der Waals surface area contributed by atoms with Crippen molar-refractivity contribution in [1.29, 1.82) is 0 Å². The Morgan fingerprint density at radius 2 is 1.94 bits per heavy atom. The summed E-state index contributed by atoms with van der Waals surface area (Å²) < 4.78 is 12.8. The molecule has 1 heterocycles. The number of ether oxygens (including phenoxy) is 2. The maximum Gasteiger partial charge on any atom is 0.191 e. The SMILES string of the molecule is CCOc1cc(CCCNC(=NC)NCc2cccc(Cn3cncn3)c2)ccc1OC. The van der Waals surface area contributed by atoms with Gasteiger partial charge in [0.25, 0.3) is 0 Å². The quantitative estimate of drug-likeness (QED) is 0.273. The van der Waals surface area contributed by atoms with Crippen molar-refractivity contribution >= 4 is 5.96 Å². The van der Waals surface area contributed by atoms with Gasteiger partial charge in [-0.15, -0.1) is 0 Å². The molecule has 3 rings (SSSR count). The Morgan fingerprint density at radius 3 is 2.69 bits per heavy atom. The molecule has 0 aliphatic rings. The Hall–Kier alpha value is -3.55. The van der Waals surface area contributed by atoms with E-state index >= 15 is 0 Å². The molecule has 0 bridgehead atoms. The summed E-state index contributed by atoms with van der Waals surface area (Å²) in [6.07, 6.45) is 5.19. The fraction of sp³-hybridized carbons (Fsp3) is 0.375. The van der Waals surface area contributed by atoms with Gasteiger partial charge >= 0.3 is 0 Å². The van der Waals surface area contributed by atoms with Crippen LogP contribution in [-0.4, -0.2) is 48.0 Å². The van der Waals surface area contributed by atoms with Gasteiger partial charge in [-0.1, -0.05) is 30.3 Å². The topological polar surface area (TPSA) is 85.6 Å². The molecule has 8 heteroatoms. The van der Waals surface area contributed by atoms with Crippen LogP contribution >= 0.6 is 0 Å². The summed E-state index contributed by atoms with van der Waals surface area (Å²) in [4.78, 5) is 8.32. The van der Waals surface area contributed by atoms with E-state index in [0.29, 0.717) is 19.7 Å². The van der Waals surface area contributed by atoms with Crippen molar-refractivity contribution < 1.29 is 9.47 Å². The zero-order valence-electron chi connectivity index (χ0n) is 19.0. The summed E-state index contributed by atoms with van der Waals surface area (Å²) in [5.74, 6) is 2.35. The number of hydrogen-bond acceptors (Lipinski definition) is 5. The molecule has 2 aromatic carbocycles. The minimum atomic E-state index is 0.618. The number of aliphatic imine (C=N–C) groups is 1. The predicted molar refractivity (Wildman–Crippen MR) is 126 cm³/mol. The molecular formula is C24H32N6O2. The average Bonchev–Trinajstić information content (AvgIpc) is 3.32. The molecule has 0 fully saturated rings. The zero-order valence-corrected chi connectivity index (χ0v) is 19.0. The molecule has 0 radical (unpaired) electrons. The number of methoxy groups -OCH3 is 1. The van der Waals surface area contributed by atoms with Crippen molar-refractivity contribution in [2.75, 3.05) is 27.3 Å². The number of aryl methyl sites for hydroxylation is 1. The smallest absolute Gasteiger partial charge is 0.191 e. The zero-order chi connectivity index (χ0) is 22.6. The van der Waals surface area contributed by atoms with Gasteiger partial charge in [-0.05, 0) is 48.6 Å². The maximum atomic E-state index is 5.66. The first kappa shape index (κ1) is 23.1. The summed E-state index contributed by atoms with van der Waals surface area (Å²) in [6.45, 7) is 4.81. The normalized spacial score (nSPS) is 11.3. The lowest BCUT2D eigenvalue weighted by molar-refractivity contribution is 0.310. The number of nitrogens with zero attached hydrogens (tertiary/aromatic N) is 4. The highest BCUT2D eigenvalue weighted by molar-refractivity contribution is 5.79. The molecule has 0 saturated carbocycles. The van der Waals surface area contributed by atoms with Gasteiger partial charge < -0.3 is 20.1 Å². The van der Waals surface area contributed by atoms with Gasteiger partial charge in [-0.25, -0.2) is 9.67 Å². The monoisotopic (exact) mass is 436 g/mol. The average molecular weight is 437 g/mol. The van der Waals surface area contributed by atoms with Crippen molar-refractivity contribution in [1.82, 2.24) is 25.4 Å². The largest absolute Gasteiger partial charge is 0.493 e. The molecule has 0 spiro atoms. The molecule has 0 amide bonds. The molecule has 0 atom stereocenters. The van der Waals surface area contributed by atoms with Gasteiger partial charge in [0, 0.05) is 20.1 Å². The van der Waals surface area contributed by atoms with Crippen molar-refractivity contribution in [3.05, 3.63) is 71.8 Å². The lowest BCUT2D eigenvalue weighted by Crippen LogP contribution is -2.37. The Morgan fingerprint density at radius 1 is 1.06 bits per heavy atom. The Bertz CT molecular complexity index is 988. The van der Waals surface area contributed by atoms with Crippen molar-refractivity contribution in [3.8, 4) is 11.5 Å². The van der Waals surface area contributed by atoms with Crippen LogP contribution in [0.2, 0.25) is 0 Å². The lowest BCUT2D eigenvalue weighted by Gasteiger charge is -2.13. The van der Waals surface area contributed by atoms with Crippen LogP contribution in [-0.2, 0) is 19.5 Å². The number of aromatic nitrogens is 3. The standard InChI is InChI=1S/C24H32N6O2/c1-4-32-23-14-19(10-11-22(23)31-3)9-6-12-27-24(25-2)28-15-20-7-5-8-21(13-20)16-30-18-26-17-29-30/h5,7-8,10-11,13-14,17-18H,4,6,9,12,15-16H2,1-3H3,(H2,25,27,28). The molecule has 0 aliphatic heterocycles. The first-order valence-electron chi connectivity index (χ1n) is 10.9. The van der Waals surface area contributed by atoms with Gasteiger partial charge in [0.1, 0.15) is 12.7 Å². The summed E-state index contributed by atoms with van der Waals surface area (Å²) in [6, 6.07) is 14.5. The van der Waals surface area contributed by atoms with Crippen molar-refractivity contribution in [2.45, 2.75) is 32.9 Å². The number of benzene rings is 2. The van der Waals surface area contributed by atoms with Gasteiger partial charge in [-0.3, -0.25) is 4.99 Å². The first-order valence-corrected chi connectivity index (χ1v) is 10.9. The van der Waals surface area contributed by atoms with E-state index < -0.39 is 0 Å². The van der Waals surface area contributed by atoms with E-state index in [2.05, 4.69) is 62.1 Å². The molecular weight excluding hydrogens is 404 g/mol. The number of rotatable bonds is 11. The van der Waals surface area contributed by atoms with E-state index in [0.717, 1.165) is 36.8 Å². The highest BCUT2D eigenvalue weighted by Crippen LogP contribution is 2.28. The minimum absolute atomic E-state index is 0.618. The van der Waals surface area contributed by atoms with Crippen LogP contribution in [0.1, 0.15) is 30.0 Å². The molecule has 8 nitrogen and oxygen atoms in total. The van der Waals surface area contributed by atoms with Crippen molar-refractivity contribution in [3.63, 3.8) is 0 Å². The van der Waals surface area contributed by atoms with E-state index in [9.17, 15) is 0 Å². The Labute approximate surface area is 189 Å². The first-order chi connectivity index (χ1) is 15.7. The number of guanidine groups is 1. The van der Waals surface area contributed by atoms with Crippen LogP contribution in [0.4, 0.5) is 0 Å². The van der Waals surface area contributed by atoms with Crippen molar-refractivity contribution in [2.24, 2.45) is 4.99 Å². The summed E-state index contributed by atoms with van der Waals surface area (Å²) >= 11 is 0. The van der Waals surface area contributed by atoms with Gasteiger partial charge in [-0.2, -0.15) is 5.10 Å². The van der Waals surface area contributed by atoms with E-state index in [1.165, 1.54) is 16.7 Å². The fourth-order valence-electron chi connectivity index (χ4n) is 3.39. The summed E-state index contributed by atoms with van der Waals surface area (Å²) in [5.41, 5.74) is 3.60. The minimum Gasteiger partial charge on any atom is -0.493 e. The van der Waals surface area contributed by atoms with Crippen LogP contribution in [0, 0.1) is 0 Å². The van der Waals surface area contributed by atoms with E-state index in [1.54, 1.807) is 26.8 Å². The van der Waals surface area contributed by atoms with Crippen LogP contribution in [0.25, 0.3) is 0 Å². The predicted octanol–water partition coefficient (Wildman–Crippen LogP) is 3.03. The van der Waals surface area contributed by atoms with Gasteiger partial charge in [0.2, 0.25) is 0 Å². The third kappa shape index (κ3) is 7.01. The molecule has 3 aromatic rings. The summed E-state index contributed by atoms with van der Waals surface area (Å²) in [5, 5.41) is 10.9. The number of nitrogens with one attached hydrogen (secondary N) is 2. The third-order valence-electron chi connectivity index (χ3n) is 4.95. The highest BCUT2D eigenvalue weighted by atomic mass is 16.5. The Balaban J connectivity index is 1.43. The highest BCUT2D eigenvalue weighted by Gasteiger charge is 2.06. The van der Waals surface area contributed by atoms with Crippen LogP contribution in [0.3, 0.4) is 0 Å². The fourth-order valence-corrected chi connectivity index (χ4v) is 3.39. The van der Waals surface area contributed by atoms with E-state index in [4.69, 9.17) is 9.47 Å². The third-order valence-corrected chi connectivity index (χ3v) is 4.95. The van der Waals surface area contributed by atoms with Crippen LogP contribution < -0.4 is 20.1 Å². The second-order valence-corrected chi connectivity index (χ2v) is 7.29. The van der Waals surface area contributed by atoms with E-state index in [-0.39, 0.29) is 0 Å². The number of hydrogen-bond donors (Lipinski definition) is 2. The second kappa shape index (κ2) is 12.3. The lowest BCUT2D eigenvalue weighted by atomic mass is 10.1. The molecule has 32 heavy (non-hydrogen) atoms. The molecule has 0 aliphatic carbocycles. The van der Waals surface area contributed by atoms with Crippen LogP contribution in [0.5, 0.6) is 11.5 Å². The molecule has 1 aromatic heterocycles. The molecule has 170 valence electrons. The van der Waals surface area contributed by atoms with E-state index in [1.807, 2.05) is 17.7 Å². The molecule has 2 N–H and O–H groups in total. The second-order valence-electron chi connectivity index (χ2n) is 7.29. The maximum absolute atomic E-state index is 5.66. The molecule has 0 saturated heterocycles. The van der Waals surface area contributed by atoms with Gasteiger partial charge in [0.05, 0.1) is 20.3 Å². The van der Waals surface area contributed by atoms with Gasteiger partial charge in [0.15, 0.2) is 17.5 Å². The Kier molecular flexibility index (Phi) is 8.92. The van der Waals surface area contributed by atoms with Crippen LogP contribution in [0.15, 0.2) is 60.1 Å². The molecule has 0 unspecified atom stereocenters.